The first-order chi connectivity index (χ1) is 14.7. The molecule has 3 rings (SSSR count). The van der Waals surface area contributed by atoms with Crippen LogP contribution in [0.25, 0.3) is 0 Å². The summed E-state index contributed by atoms with van der Waals surface area (Å²) in [5.41, 5.74) is 0.300. The van der Waals surface area contributed by atoms with Gasteiger partial charge >= 0.3 is 0 Å². The Hall–Kier alpha value is -0.653. The highest BCUT2D eigenvalue weighted by Gasteiger charge is 2.53. The van der Waals surface area contributed by atoms with Gasteiger partial charge in [-0.15, -0.1) is 0 Å². The molecule has 0 amide bonds. The molecule has 176 valence electrons. The van der Waals surface area contributed by atoms with Gasteiger partial charge in [-0.1, -0.05) is 59.2 Å². The number of sulfone groups is 1. The fourth-order valence-corrected chi connectivity index (χ4v) is 11.3. The lowest BCUT2D eigenvalue weighted by Crippen LogP contribution is -2.48. The monoisotopic (exact) mass is 464 g/mol. The van der Waals surface area contributed by atoms with E-state index >= 15 is 0 Å². The van der Waals surface area contributed by atoms with Crippen molar-refractivity contribution in [1.82, 2.24) is 0 Å². The Kier molecular flexibility index (Phi) is 8.13. The molecule has 0 heterocycles. The van der Waals surface area contributed by atoms with E-state index in [1.807, 2.05) is 18.2 Å². The van der Waals surface area contributed by atoms with Crippen molar-refractivity contribution in [3.8, 4) is 0 Å². The molecule has 5 atom stereocenters. The van der Waals surface area contributed by atoms with Gasteiger partial charge in [-0.2, -0.15) is 0 Å². The molecule has 0 spiro atoms. The highest BCUT2D eigenvalue weighted by Crippen LogP contribution is 2.59. The Balaban J connectivity index is 1.68. The molecule has 0 bridgehead atoms. The van der Waals surface area contributed by atoms with E-state index in [-0.39, 0.29) is 5.75 Å². The van der Waals surface area contributed by atoms with Crippen molar-refractivity contribution < 1.29 is 12.8 Å². The maximum absolute atomic E-state index is 12.8. The minimum absolute atomic E-state index is 0.257. The average Bonchev–Trinajstić information content (AvgIpc) is 3.14. The van der Waals surface area contributed by atoms with E-state index in [2.05, 4.69) is 34.6 Å². The van der Waals surface area contributed by atoms with Crippen molar-refractivity contribution in [2.45, 2.75) is 102 Å². The predicted octanol–water partition coefficient (Wildman–Crippen LogP) is 7.09. The van der Waals surface area contributed by atoms with Crippen LogP contribution in [-0.2, 0) is 14.3 Å². The SMILES string of the molecule is CC[Si](CC)(CC)O[C@H]1CCC[C@]2(C)[C@@H]([C@H](C)CCS(=O)(=O)c3ccccc3)CC[C@@H]12. The Morgan fingerprint density at radius 1 is 1.06 bits per heavy atom. The fourth-order valence-electron chi connectivity index (χ4n) is 6.84. The Morgan fingerprint density at radius 3 is 2.32 bits per heavy atom. The van der Waals surface area contributed by atoms with E-state index in [0.29, 0.717) is 34.2 Å². The van der Waals surface area contributed by atoms with Gasteiger partial charge in [-0.25, -0.2) is 8.42 Å². The molecule has 3 nitrogen and oxygen atoms in total. The molecular weight excluding hydrogens is 420 g/mol. The normalized spacial score (nSPS) is 30.2. The highest BCUT2D eigenvalue weighted by atomic mass is 32.2. The molecule has 0 aromatic heterocycles. The number of hydrogen-bond acceptors (Lipinski definition) is 3. The quantitative estimate of drug-likeness (QED) is 0.347. The van der Waals surface area contributed by atoms with Crippen LogP contribution in [0.15, 0.2) is 35.2 Å². The summed E-state index contributed by atoms with van der Waals surface area (Å²) < 4.78 is 32.7. The van der Waals surface area contributed by atoms with Crippen LogP contribution in [0.5, 0.6) is 0 Å². The number of rotatable bonds is 10. The molecule has 1 aromatic rings. The fraction of sp³-hybridized carbons (Fsp3) is 0.769. The largest absolute Gasteiger partial charge is 0.414 e. The zero-order valence-electron chi connectivity index (χ0n) is 20.4. The van der Waals surface area contributed by atoms with Gasteiger partial charge in [0, 0.05) is 6.10 Å². The van der Waals surface area contributed by atoms with Gasteiger partial charge < -0.3 is 4.43 Å². The van der Waals surface area contributed by atoms with Gasteiger partial charge in [0.05, 0.1) is 10.6 Å². The summed E-state index contributed by atoms with van der Waals surface area (Å²) >= 11 is 0. The topological polar surface area (TPSA) is 43.4 Å². The maximum Gasteiger partial charge on any atom is 0.192 e. The van der Waals surface area contributed by atoms with Crippen molar-refractivity contribution in [2.24, 2.45) is 23.2 Å². The first-order valence-corrected chi connectivity index (χ1v) is 16.8. The molecule has 0 saturated heterocycles. The smallest absolute Gasteiger partial charge is 0.192 e. The van der Waals surface area contributed by atoms with Crippen LogP contribution in [0.2, 0.25) is 18.1 Å². The summed E-state index contributed by atoms with van der Waals surface area (Å²) in [6.07, 6.45) is 7.42. The van der Waals surface area contributed by atoms with Gasteiger partial charge in [-0.05, 0) is 85.5 Å². The third-order valence-electron chi connectivity index (χ3n) is 9.10. The summed E-state index contributed by atoms with van der Waals surface area (Å²) in [7, 11) is -4.80. The van der Waals surface area contributed by atoms with Crippen LogP contribution in [-0.4, -0.2) is 28.6 Å². The third kappa shape index (κ3) is 5.14. The van der Waals surface area contributed by atoms with Crippen molar-refractivity contribution in [3.05, 3.63) is 30.3 Å². The first kappa shape index (κ1) is 25.0. The Labute approximate surface area is 192 Å². The highest BCUT2D eigenvalue weighted by molar-refractivity contribution is 7.91. The summed E-state index contributed by atoms with van der Waals surface area (Å²) in [6, 6.07) is 12.6. The molecule has 1 aromatic carbocycles. The van der Waals surface area contributed by atoms with Crippen molar-refractivity contribution in [2.75, 3.05) is 5.75 Å². The summed E-state index contributed by atoms with van der Waals surface area (Å²) in [5.74, 6) is 1.94. The summed E-state index contributed by atoms with van der Waals surface area (Å²) in [6.45, 7) is 11.8. The molecule has 2 aliphatic carbocycles. The first-order valence-electron chi connectivity index (χ1n) is 12.7. The van der Waals surface area contributed by atoms with Crippen LogP contribution in [0.4, 0.5) is 0 Å². The lowest BCUT2D eigenvalue weighted by molar-refractivity contribution is -0.0196. The van der Waals surface area contributed by atoms with Crippen LogP contribution in [0.1, 0.15) is 73.1 Å². The van der Waals surface area contributed by atoms with Crippen molar-refractivity contribution in [1.29, 1.82) is 0 Å². The lowest BCUT2D eigenvalue weighted by Gasteiger charge is -2.49. The molecule has 2 aliphatic rings. The van der Waals surface area contributed by atoms with Crippen molar-refractivity contribution in [3.63, 3.8) is 0 Å². The molecule has 2 fully saturated rings. The Bertz CT molecular complexity index is 797. The van der Waals surface area contributed by atoms with E-state index in [4.69, 9.17) is 4.43 Å². The van der Waals surface area contributed by atoms with Crippen LogP contribution < -0.4 is 0 Å². The van der Waals surface area contributed by atoms with E-state index in [9.17, 15) is 8.42 Å². The second-order valence-electron chi connectivity index (χ2n) is 10.5. The van der Waals surface area contributed by atoms with Gasteiger partial charge in [0.1, 0.15) is 0 Å². The van der Waals surface area contributed by atoms with Crippen LogP contribution in [0.3, 0.4) is 0 Å². The average molecular weight is 465 g/mol. The molecular formula is C26H44O3SSi. The molecule has 0 radical (unpaired) electrons. The van der Waals surface area contributed by atoms with Gasteiger partial charge in [0.2, 0.25) is 0 Å². The molecule has 0 aliphatic heterocycles. The molecule has 31 heavy (non-hydrogen) atoms. The molecule has 5 heteroatoms. The predicted molar refractivity (Wildman–Crippen MR) is 133 cm³/mol. The minimum Gasteiger partial charge on any atom is -0.414 e. The van der Waals surface area contributed by atoms with E-state index < -0.39 is 18.2 Å². The van der Waals surface area contributed by atoms with Gasteiger partial charge in [0.15, 0.2) is 18.2 Å². The second kappa shape index (κ2) is 10.1. The molecule has 2 saturated carbocycles. The number of fused-ring (bicyclic) bond motifs is 1. The number of benzene rings is 1. The lowest BCUT2D eigenvalue weighted by atomic mass is 9.61. The Morgan fingerprint density at radius 2 is 1.71 bits per heavy atom. The zero-order valence-corrected chi connectivity index (χ0v) is 22.2. The minimum atomic E-state index is -3.20. The van der Waals surface area contributed by atoms with E-state index in [0.717, 1.165) is 6.42 Å². The summed E-state index contributed by atoms with van der Waals surface area (Å²) in [4.78, 5) is 0.462. The number of hydrogen-bond donors (Lipinski definition) is 0. The zero-order chi connectivity index (χ0) is 22.7. The standard InChI is InChI=1S/C26H44O3SSi/c1-6-31(7-2,8-3)29-25-15-12-19-26(5)23(16-17-24(25)26)21(4)18-20-30(27,28)22-13-10-9-11-14-22/h9-11,13-14,21,23-25H,6-8,12,15-20H2,1-5H3/t21-,23-,24+,25+,26-/m1/s1. The third-order valence-corrected chi connectivity index (χ3v) is 15.5. The van der Waals surface area contributed by atoms with Gasteiger partial charge in [0.25, 0.3) is 0 Å². The van der Waals surface area contributed by atoms with E-state index in [1.54, 1.807) is 12.1 Å². The van der Waals surface area contributed by atoms with Crippen LogP contribution in [0, 0.1) is 23.2 Å². The van der Waals surface area contributed by atoms with Crippen molar-refractivity contribution >= 4 is 18.2 Å². The van der Waals surface area contributed by atoms with E-state index in [1.165, 1.54) is 50.2 Å². The molecule has 0 N–H and O–H groups in total. The maximum atomic E-state index is 12.8. The van der Waals surface area contributed by atoms with Crippen LogP contribution >= 0.6 is 0 Å². The van der Waals surface area contributed by atoms with Gasteiger partial charge in [-0.3, -0.25) is 0 Å². The summed E-state index contributed by atoms with van der Waals surface area (Å²) in [5, 5.41) is 0. The second-order valence-corrected chi connectivity index (χ2v) is 17.3. The molecule has 0 unspecified atom stereocenters.